The molecule has 0 spiro atoms. The lowest BCUT2D eigenvalue weighted by atomic mass is 10.2. The van der Waals surface area contributed by atoms with Gasteiger partial charge in [0.1, 0.15) is 17.7 Å². The van der Waals surface area contributed by atoms with Gasteiger partial charge in [0.05, 0.1) is 0 Å². The summed E-state index contributed by atoms with van der Waals surface area (Å²) in [5.41, 5.74) is 0.195. The molecule has 7 heteroatoms. The van der Waals surface area contributed by atoms with E-state index < -0.39 is 23.7 Å². The molecule has 2 atom stereocenters. The fourth-order valence-corrected chi connectivity index (χ4v) is 1.81. The van der Waals surface area contributed by atoms with E-state index in [0.717, 1.165) is 18.6 Å². The largest absolute Gasteiger partial charge is 0.352 e. The number of nitrogens with one attached hydrogen (secondary N) is 2. The molecule has 0 fully saturated rings. The maximum Gasteiger partial charge on any atom is 0.318 e. The summed E-state index contributed by atoms with van der Waals surface area (Å²) in [6.07, 6.45) is 0.788. The van der Waals surface area contributed by atoms with E-state index >= 15 is 0 Å². The molecular weight excluding hydrogens is 304 g/mol. The number of hydrogen-bond acceptors (Lipinski definition) is 2. The van der Waals surface area contributed by atoms with Crippen molar-refractivity contribution in [3.63, 3.8) is 0 Å². The van der Waals surface area contributed by atoms with Gasteiger partial charge in [-0.2, -0.15) is 0 Å². The summed E-state index contributed by atoms with van der Waals surface area (Å²) in [4.78, 5) is 25.1. The van der Waals surface area contributed by atoms with Gasteiger partial charge in [-0.05, 0) is 26.3 Å². The summed E-state index contributed by atoms with van der Waals surface area (Å²) in [6, 6.07) is 1.98. The van der Waals surface area contributed by atoms with Gasteiger partial charge in [0, 0.05) is 31.3 Å². The van der Waals surface area contributed by atoms with E-state index in [0.29, 0.717) is 0 Å². The number of amides is 3. The Kier molecular flexibility index (Phi) is 6.93. The zero-order valence-electron chi connectivity index (χ0n) is 13.8. The van der Waals surface area contributed by atoms with Gasteiger partial charge in [-0.15, -0.1) is 0 Å². The second-order valence-electron chi connectivity index (χ2n) is 5.58. The molecule has 0 aliphatic carbocycles. The lowest BCUT2D eigenvalue weighted by molar-refractivity contribution is -0.123. The highest BCUT2D eigenvalue weighted by Crippen LogP contribution is 2.11. The SMILES string of the molecule is CC[C@@H](C)NC(=O)[C@@H](C)NC(=O)N(C)Cc1ccc(F)cc1F. The van der Waals surface area contributed by atoms with Gasteiger partial charge in [-0.25, -0.2) is 13.6 Å². The Bertz CT molecular complexity index is 566. The van der Waals surface area contributed by atoms with E-state index in [9.17, 15) is 18.4 Å². The van der Waals surface area contributed by atoms with Crippen LogP contribution in [0.25, 0.3) is 0 Å². The maximum atomic E-state index is 13.6. The van der Waals surface area contributed by atoms with Crippen LogP contribution in [-0.2, 0) is 11.3 Å². The first-order chi connectivity index (χ1) is 10.7. The van der Waals surface area contributed by atoms with Crippen LogP contribution in [0.1, 0.15) is 32.8 Å². The van der Waals surface area contributed by atoms with Crippen LogP contribution in [0.5, 0.6) is 0 Å². The third-order valence-electron chi connectivity index (χ3n) is 3.50. The first kappa shape index (κ1) is 18.9. The number of hydrogen-bond donors (Lipinski definition) is 2. The normalized spacial score (nSPS) is 13.1. The van der Waals surface area contributed by atoms with Gasteiger partial charge in [0.15, 0.2) is 0 Å². The Hall–Kier alpha value is -2.18. The van der Waals surface area contributed by atoms with Crippen molar-refractivity contribution in [2.45, 2.75) is 45.8 Å². The van der Waals surface area contributed by atoms with Crippen LogP contribution in [0.15, 0.2) is 18.2 Å². The monoisotopic (exact) mass is 327 g/mol. The van der Waals surface area contributed by atoms with E-state index in [1.54, 1.807) is 6.92 Å². The van der Waals surface area contributed by atoms with Crippen molar-refractivity contribution < 1.29 is 18.4 Å². The molecule has 0 radical (unpaired) electrons. The Morgan fingerprint density at radius 1 is 1.22 bits per heavy atom. The number of urea groups is 1. The average molecular weight is 327 g/mol. The number of carbonyl (C=O) groups is 2. The van der Waals surface area contributed by atoms with E-state index in [2.05, 4.69) is 10.6 Å². The van der Waals surface area contributed by atoms with E-state index in [4.69, 9.17) is 0 Å². The number of nitrogens with zero attached hydrogens (tertiary/aromatic N) is 1. The Morgan fingerprint density at radius 3 is 2.43 bits per heavy atom. The molecule has 0 unspecified atom stereocenters. The van der Waals surface area contributed by atoms with Gasteiger partial charge in [0.2, 0.25) is 5.91 Å². The van der Waals surface area contributed by atoms with Crippen LogP contribution < -0.4 is 10.6 Å². The molecule has 0 saturated heterocycles. The van der Waals surface area contributed by atoms with Crippen molar-refractivity contribution in [2.24, 2.45) is 0 Å². The third-order valence-corrected chi connectivity index (χ3v) is 3.50. The topological polar surface area (TPSA) is 61.4 Å². The van der Waals surface area contributed by atoms with E-state index in [-0.39, 0.29) is 24.1 Å². The molecule has 0 heterocycles. The number of rotatable bonds is 6. The lowest BCUT2D eigenvalue weighted by Gasteiger charge is -2.22. The second kappa shape index (κ2) is 8.45. The van der Waals surface area contributed by atoms with Crippen molar-refractivity contribution in [1.29, 1.82) is 0 Å². The van der Waals surface area contributed by atoms with Crippen molar-refractivity contribution in [2.75, 3.05) is 7.05 Å². The van der Waals surface area contributed by atoms with Crippen molar-refractivity contribution >= 4 is 11.9 Å². The van der Waals surface area contributed by atoms with E-state index in [1.165, 1.54) is 18.0 Å². The smallest absolute Gasteiger partial charge is 0.318 e. The van der Waals surface area contributed by atoms with Crippen molar-refractivity contribution in [3.05, 3.63) is 35.4 Å². The highest BCUT2D eigenvalue weighted by atomic mass is 19.1. The average Bonchev–Trinajstić information content (AvgIpc) is 2.49. The molecular formula is C16H23F2N3O2. The standard InChI is InChI=1S/C16H23F2N3O2/c1-5-10(2)19-15(22)11(3)20-16(23)21(4)9-12-6-7-13(17)8-14(12)18/h6-8,10-11H,5,9H2,1-4H3,(H,19,22)(H,20,23)/t10-,11-/m1/s1. The summed E-state index contributed by atoms with van der Waals surface area (Å²) >= 11 is 0. The quantitative estimate of drug-likeness (QED) is 0.843. The van der Waals surface area contributed by atoms with Crippen LogP contribution in [0.4, 0.5) is 13.6 Å². The number of carbonyl (C=O) groups excluding carboxylic acids is 2. The molecule has 1 aromatic rings. The summed E-state index contributed by atoms with van der Waals surface area (Å²) in [7, 11) is 1.47. The van der Waals surface area contributed by atoms with Crippen molar-refractivity contribution in [3.8, 4) is 0 Å². The minimum atomic E-state index is -0.716. The third kappa shape index (κ3) is 5.84. The Morgan fingerprint density at radius 2 is 1.87 bits per heavy atom. The van der Waals surface area contributed by atoms with Crippen molar-refractivity contribution in [1.82, 2.24) is 15.5 Å². The fraction of sp³-hybridized carbons (Fsp3) is 0.500. The summed E-state index contributed by atoms with van der Waals surface area (Å²) in [5.74, 6) is -1.67. The summed E-state index contributed by atoms with van der Waals surface area (Å²) in [5, 5.41) is 5.30. The predicted octanol–water partition coefficient (Wildman–Crippen LogP) is 2.41. The minimum absolute atomic E-state index is 0.0212. The molecule has 128 valence electrons. The fourth-order valence-electron chi connectivity index (χ4n) is 1.81. The molecule has 0 aliphatic rings. The van der Waals surface area contributed by atoms with E-state index in [1.807, 2.05) is 13.8 Å². The molecule has 5 nitrogen and oxygen atoms in total. The first-order valence-corrected chi connectivity index (χ1v) is 7.50. The Balaban J connectivity index is 2.58. The van der Waals surface area contributed by atoms with Gasteiger partial charge >= 0.3 is 6.03 Å². The first-order valence-electron chi connectivity index (χ1n) is 7.50. The van der Waals surface area contributed by atoms with Crippen LogP contribution in [0, 0.1) is 11.6 Å². The molecule has 1 rings (SSSR count). The Labute approximate surface area is 135 Å². The zero-order valence-corrected chi connectivity index (χ0v) is 13.8. The van der Waals surface area contributed by atoms with Gasteiger partial charge in [-0.1, -0.05) is 13.0 Å². The molecule has 23 heavy (non-hydrogen) atoms. The summed E-state index contributed by atoms with van der Waals surface area (Å²) < 4.78 is 26.4. The molecule has 0 saturated carbocycles. The maximum absolute atomic E-state index is 13.6. The minimum Gasteiger partial charge on any atom is -0.352 e. The molecule has 0 aromatic heterocycles. The lowest BCUT2D eigenvalue weighted by Crippen LogP contribution is -2.50. The molecule has 0 bridgehead atoms. The number of halogens is 2. The molecule has 3 amide bonds. The summed E-state index contributed by atoms with van der Waals surface area (Å²) in [6.45, 7) is 5.36. The van der Waals surface area contributed by atoms with Gasteiger partial charge in [-0.3, -0.25) is 4.79 Å². The molecule has 2 N–H and O–H groups in total. The van der Waals surface area contributed by atoms with Gasteiger partial charge in [0.25, 0.3) is 0 Å². The second-order valence-corrected chi connectivity index (χ2v) is 5.58. The zero-order chi connectivity index (χ0) is 17.6. The van der Waals surface area contributed by atoms with Gasteiger partial charge < -0.3 is 15.5 Å². The molecule has 0 aliphatic heterocycles. The predicted molar refractivity (Wildman–Crippen MR) is 83.7 cm³/mol. The van der Waals surface area contributed by atoms with Crippen LogP contribution in [-0.4, -0.2) is 36.0 Å². The highest BCUT2D eigenvalue weighted by molar-refractivity contribution is 5.86. The van der Waals surface area contributed by atoms with Crippen LogP contribution in [0.2, 0.25) is 0 Å². The van der Waals surface area contributed by atoms with Crippen LogP contribution in [0.3, 0.4) is 0 Å². The van der Waals surface area contributed by atoms with Crippen LogP contribution >= 0.6 is 0 Å². The molecule has 1 aromatic carbocycles. The highest BCUT2D eigenvalue weighted by Gasteiger charge is 2.19. The number of benzene rings is 1.